The SMILES string of the molecule is O=C(NC(CO)C(=O)NCc1ccc(C(F)(F)F)cc1)c1cc(O)cc(CN2CCOCC2)c1. The van der Waals surface area contributed by atoms with E-state index in [1.165, 1.54) is 18.2 Å². The normalized spacial score (nSPS) is 15.5. The number of aliphatic hydroxyl groups is 1. The van der Waals surface area contributed by atoms with Gasteiger partial charge in [0.25, 0.3) is 5.91 Å². The molecule has 0 aliphatic carbocycles. The fourth-order valence-electron chi connectivity index (χ4n) is 3.47. The Kier molecular flexibility index (Phi) is 8.48. The van der Waals surface area contributed by atoms with Gasteiger partial charge < -0.3 is 25.6 Å². The molecule has 0 bridgehead atoms. The molecule has 2 aromatic rings. The molecule has 1 atom stereocenters. The van der Waals surface area contributed by atoms with Crippen molar-refractivity contribution in [2.45, 2.75) is 25.3 Å². The number of nitrogens with zero attached hydrogens (tertiary/aromatic N) is 1. The molecule has 2 aromatic carbocycles. The molecule has 4 N–H and O–H groups in total. The Morgan fingerprint density at radius 2 is 1.74 bits per heavy atom. The standard InChI is InChI=1S/C23H26F3N3O5/c24-23(25,26)18-3-1-15(2-4-18)12-27-22(33)20(14-30)28-21(32)17-9-16(10-19(31)11-17)13-29-5-7-34-8-6-29/h1-4,9-11,20,30-31H,5-8,12-14H2,(H,27,33)(H,28,32). The highest BCUT2D eigenvalue weighted by Gasteiger charge is 2.30. The van der Waals surface area contributed by atoms with Crippen LogP contribution in [0.3, 0.4) is 0 Å². The molecule has 1 saturated heterocycles. The highest BCUT2D eigenvalue weighted by atomic mass is 19.4. The van der Waals surface area contributed by atoms with E-state index in [-0.39, 0.29) is 17.9 Å². The summed E-state index contributed by atoms with van der Waals surface area (Å²) in [7, 11) is 0. The number of alkyl halides is 3. The van der Waals surface area contributed by atoms with Crippen molar-refractivity contribution in [3.05, 3.63) is 64.7 Å². The Hall–Kier alpha value is -3.15. The van der Waals surface area contributed by atoms with Gasteiger partial charge in [-0.2, -0.15) is 13.2 Å². The van der Waals surface area contributed by atoms with E-state index in [0.29, 0.717) is 30.9 Å². The molecule has 0 radical (unpaired) electrons. The fourth-order valence-corrected chi connectivity index (χ4v) is 3.47. The molecule has 1 heterocycles. The third-order valence-corrected chi connectivity index (χ3v) is 5.30. The van der Waals surface area contributed by atoms with E-state index < -0.39 is 36.2 Å². The summed E-state index contributed by atoms with van der Waals surface area (Å²) >= 11 is 0. The van der Waals surface area contributed by atoms with Gasteiger partial charge in [0, 0.05) is 31.7 Å². The zero-order chi connectivity index (χ0) is 24.7. The van der Waals surface area contributed by atoms with Gasteiger partial charge in [-0.3, -0.25) is 14.5 Å². The highest BCUT2D eigenvalue weighted by Crippen LogP contribution is 2.29. The fraction of sp³-hybridized carbons (Fsp3) is 0.391. The zero-order valence-electron chi connectivity index (χ0n) is 18.3. The van der Waals surface area contributed by atoms with Crippen molar-refractivity contribution in [1.29, 1.82) is 0 Å². The molecule has 1 aliphatic rings. The summed E-state index contributed by atoms with van der Waals surface area (Å²) < 4.78 is 43.3. The topological polar surface area (TPSA) is 111 Å². The van der Waals surface area contributed by atoms with Crippen LogP contribution in [0, 0.1) is 0 Å². The lowest BCUT2D eigenvalue weighted by atomic mass is 10.1. The Labute approximate surface area is 194 Å². The number of aliphatic hydroxyl groups excluding tert-OH is 1. The predicted molar refractivity (Wildman–Crippen MR) is 116 cm³/mol. The lowest BCUT2D eigenvalue weighted by molar-refractivity contribution is -0.137. The van der Waals surface area contributed by atoms with Crippen LogP contribution in [0.4, 0.5) is 13.2 Å². The van der Waals surface area contributed by atoms with Gasteiger partial charge in [-0.05, 0) is 41.5 Å². The number of halogens is 3. The third kappa shape index (κ3) is 7.17. The largest absolute Gasteiger partial charge is 0.508 e. The van der Waals surface area contributed by atoms with E-state index in [2.05, 4.69) is 15.5 Å². The van der Waals surface area contributed by atoms with Gasteiger partial charge >= 0.3 is 6.18 Å². The summed E-state index contributed by atoms with van der Waals surface area (Å²) in [6.45, 7) is 2.39. The van der Waals surface area contributed by atoms with Crippen molar-refractivity contribution >= 4 is 11.8 Å². The van der Waals surface area contributed by atoms with Crippen LogP contribution in [0.2, 0.25) is 0 Å². The number of carbonyl (C=O) groups excluding carboxylic acids is 2. The van der Waals surface area contributed by atoms with Crippen molar-refractivity contribution in [1.82, 2.24) is 15.5 Å². The summed E-state index contributed by atoms with van der Waals surface area (Å²) in [6.07, 6.45) is -4.46. The first-order chi connectivity index (χ1) is 16.2. The van der Waals surface area contributed by atoms with Crippen LogP contribution in [0.1, 0.15) is 27.0 Å². The number of amides is 2. The number of hydrogen-bond donors (Lipinski definition) is 4. The molecule has 3 rings (SSSR count). The van der Waals surface area contributed by atoms with Gasteiger partial charge in [0.1, 0.15) is 11.8 Å². The quantitative estimate of drug-likeness (QED) is 0.457. The second-order valence-electron chi connectivity index (χ2n) is 7.90. The molecule has 34 heavy (non-hydrogen) atoms. The van der Waals surface area contributed by atoms with Crippen LogP contribution in [0.5, 0.6) is 5.75 Å². The number of carbonyl (C=O) groups is 2. The second kappa shape index (κ2) is 11.3. The van der Waals surface area contributed by atoms with E-state index in [1.807, 2.05) is 0 Å². The highest BCUT2D eigenvalue weighted by molar-refractivity contribution is 5.98. The van der Waals surface area contributed by atoms with E-state index >= 15 is 0 Å². The molecule has 11 heteroatoms. The molecule has 8 nitrogen and oxygen atoms in total. The van der Waals surface area contributed by atoms with Crippen molar-refractivity contribution in [2.24, 2.45) is 0 Å². The summed E-state index contributed by atoms with van der Waals surface area (Å²) in [5, 5.41) is 24.5. The van der Waals surface area contributed by atoms with Gasteiger partial charge in [-0.15, -0.1) is 0 Å². The number of rotatable bonds is 8. The average Bonchev–Trinajstić information content (AvgIpc) is 2.80. The smallest absolute Gasteiger partial charge is 0.416 e. The maximum absolute atomic E-state index is 12.7. The van der Waals surface area contributed by atoms with E-state index in [4.69, 9.17) is 4.74 Å². The number of hydrogen-bond acceptors (Lipinski definition) is 6. The van der Waals surface area contributed by atoms with Crippen LogP contribution in [0.15, 0.2) is 42.5 Å². The molecule has 0 spiro atoms. The van der Waals surface area contributed by atoms with Gasteiger partial charge in [0.05, 0.1) is 25.4 Å². The van der Waals surface area contributed by atoms with E-state index in [1.54, 1.807) is 12.1 Å². The Morgan fingerprint density at radius 3 is 2.35 bits per heavy atom. The Bertz CT molecular complexity index is 992. The molecule has 184 valence electrons. The van der Waals surface area contributed by atoms with Crippen molar-refractivity contribution < 1.29 is 37.7 Å². The molecular weight excluding hydrogens is 455 g/mol. The minimum Gasteiger partial charge on any atom is -0.508 e. The first kappa shape index (κ1) is 25.5. The minimum atomic E-state index is -4.46. The summed E-state index contributed by atoms with van der Waals surface area (Å²) in [5.74, 6) is -1.48. The van der Waals surface area contributed by atoms with Crippen LogP contribution in [-0.4, -0.2) is 65.9 Å². The van der Waals surface area contributed by atoms with Gasteiger partial charge in [-0.1, -0.05) is 12.1 Å². The van der Waals surface area contributed by atoms with Crippen LogP contribution >= 0.6 is 0 Å². The van der Waals surface area contributed by atoms with Crippen molar-refractivity contribution in [3.8, 4) is 5.75 Å². The summed E-state index contributed by atoms with van der Waals surface area (Å²) in [4.78, 5) is 27.2. The lowest BCUT2D eigenvalue weighted by Gasteiger charge is -2.26. The minimum absolute atomic E-state index is 0.0842. The van der Waals surface area contributed by atoms with Crippen LogP contribution < -0.4 is 10.6 Å². The molecule has 1 unspecified atom stereocenters. The Morgan fingerprint density at radius 1 is 1.06 bits per heavy atom. The Balaban J connectivity index is 1.58. The molecule has 0 saturated carbocycles. The molecule has 1 fully saturated rings. The molecule has 0 aromatic heterocycles. The summed E-state index contributed by atoms with van der Waals surface area (Å²) in [5.41, 5.74) is 0.448. The average molecular weight is 481 g/mol. The number of morpholine rings is 1. The molecule has 2 amide bonds. The maximum atomic E-state index is 12.7. The first-order valence-corrected chi connectivity index (χ1v) is 10.6. The van der Waals surface area contributed by atoms with E-state index in [0.717, 1.165) is 25.2 Å². The van der Waals surface area contributed by atoms with Crippen molar-refractivity contribution in [3.63, 3.8) is 0 Å². The first-order valence-electron chi connectivity index (χ1n) is 10.6. The van der Waals surface area contributed by atoms with Crippen molar-refractivity contribution in [2.75, 3.05) is 32.9 Å². The molecular formula is C23H26F3N3O5. The lowest BCUT2D eigenvalue weighted by Crippen LogP contribution is -2.48. The monoisotopic (exact) mass is 481 g/mol. The molecule has 1 aliphatic heterocycles. The zero-order valence-corrected chi connectivity index (χ0v) is 18.3. The number of ether oxygens (including phenoxy) is 1. The predicted octanol–water partition coefficient (Wildman–Crippen LogP) is 1.65. The second-order valence-corrected chi connectivity index (χ2v) is 7.90. The third-order valence-electron chi connectivity index (χ3n) is 5.30. The summed E-state index contributed by atoms with van der Waals surface area (Å²) in [6, 6.07) is 7.40. The van der Waals surface area contributed by atoms with Crippen LogP contribution in [0.25, 0.3) is 0 Å². The number of phenols is 1. The maximum Gasteiger partial charge on any atom is 0.416 e. The number of nitrogens with one attached hydrogen (secondary N) is 2. The number of phenolic OH excluding ortho intramolecular Hbond substituents is 1. The van der Waals surface area contributed by atoms with Gasteiger partial charge in [-0.25, -0.2) is 0 Å². The van der Waals surface area contributed by atoms with E-state index in [9.17, 15) is 33.0 Å². The van der Waals surface area contributed by atoms with Gasteiger partial charge in [0.2, 0.25) is 5.91 Å². The number of aromatic hydroxyl groups is 1. The van der Waals surface area contributed by atoms with Gasteiger partial charge in [0.15, 0.2) is 0 Å². The van der Waals surface area contributed by atoms with Crippen LogP contribution in [-0.2, 0) is 28.8 Å². The number of benzene rings is 2.